The van der Waals surface area contributed by atoms with Gasteiger partial charge in [-0.3, -0.25) is 14.4 Å². The summed E-state index contributed by atoms with van der Waals surface area (Å²) in [4.78, 5) is 42.5. The van der Waals surface area contributed by atoms with E-state index in [0.717, 1.165) is 31.1 Å². The van der Waals surface area contributed by atoms with Gasteiger partial charge in [0, 0.05) is 24.2 Å². The van der Waals surface area contributed by atoms with Gasteiger partial charge in [0.1, 0.15) is 36.0 Å². The predicted molar refractivity (Wildman–Crippen MR) is 149 cm³/mol. The van der Waals surface area contributed by atoms with Gasteiger partial charge in [-0.1, -0.05) is 31.0 Å². The molecule has 4 aromatic rings. The summed E-state index contributed by atoms with van der Waals surface area (Å²) in [6.07, 6.45) is 4.00. The van der Waals surface area contributed by atoms with Crippen molar-refractivity contribution in [2.75, 3.05) is 25.5 Å². The zero-order valence-corrected chi connectivity index (χ0v) is 22.1. The maximum absolute atomic E-state index is 13.5. The molecule has 0 atom stereocenters. The molecule has 0 saturated heterocycles. The Kier molecular flexibility index (Phi) is 8.10. The fourth-order valence-electron chi connectivity index (χ4n) is 4.83. The molecule has 1 heterocycles. The van der Waals surface area contributed by atoms with Gasteiger partial charge in [0.2, 0.25) is 11.8 Å². The van der Waals surface area contributed by atoms with E-state index in [1.807, 2.05) is 12.1 Å². The van der Waals surface area contributed by atoms with Crippen LogP contribution in [0.2, 0.25) is 0 Å². The number of carbonyl (C=O) groups excluding carboxylic acids is 3. The molecular formula is C31H30FN3O5. The van der Waals surface area contributed by atoms with Crippen LogP contribution >= 0.6 is 0 Å². The third-order valence-corrected chi connectivity index (χ3v) is 7.04. The molecule has 1 fully saturated rings. The maximum Gasteiger partial charge on any atom is 0.290 e. The Morgan fingerprint density at radius 3 is 2.25 bits per heavy atom. The zero-order chi connectivity index (χ0) is 28.1. The van der Waals surface area contributed by atoms with Crippen molar-refractivity contribution in [3.05, 3.63) is 90.4 Å². The van der Waals surface area contributed by atoms with Gasteiger partial charge in [0.15, 0.2) is 5.76 Å². The van der Waals surface area contributed by atoms with Crippen LogP contribution in [0, 0.1) is 5.82 Å². The van der Waals surface area contributed by atoms with Crippen LogP contribution in [-0.2, 0) is 9.59 Å². The van der Waals surface area contributed by atoms with E-state index in [0.29, 0.717) is 22.8 Å². The second-order valence-corrected chi connectivity index (χ2v) is 9.88. The largest absolute Gasteiger partial charge is 0.457 e. The van der Waals surface area contributed by atoms with E-state index >= 15 is 0 Å². The number of amides is 3. The second-order valence-electron chi connectivity index (χ2n) is 9.88. The number of benzene rings is 3. The standard InChI is InChI=1S/C31H30FN3O5/c1-34(24-7-3-4-8-24)30(37)20-35(31(38)28-18-21-6-2-5-9-27(21)40-28)19-29(36)33-23-12-16-26(17-13-23)39-25-14-10-22(32)11-15-25/h2,5-6,9-18,24H,3-4,7-8,19-20H2,1H3,(H,33,36). The molecule has 3 aromatic carbocycles. The van der Waals surface area contributed by atoms with Crippen LogP contribution in [0.25, 0.3) is 11.0 Å². The number of ether oxygens (including phenoxy) is 1. The molecule has 5 rings (SSSR count). The number of nitrogens with zero attached hydrogens (tertiary/aromatic N) is 2. The van der Waals surface area contributed by atoms with Gasteiger partial charge in [-0.15, -0.1) is 0 Å². The smallest absolute Gasteiger partial charge is 0.290 e. The average Bonchev–Trinajstić information content (AvgIpc) is 3.65. The highest BCUT2D eigenvalue weighted by Gasteiger charge is 2.29. The number of hydrogen-bond acceptors (Lipinski definition) is 5. The van der Waals surface area contributed by atoms with Crippen LogP contribution in [0.15, 0.2) is 83.3 Å². The summed E-state index contributed by atoms with van der Waals surface area (Å²) in [5.41, 5.74) is 1.04. The van der Waals surface area contributed by atoms with E-state index in [9.17, 15) is 18.8 Å². The number of furan rings is 1. The maximum atomic E-state index is 13.5. The van der Waals surface area contributed by atoms with Gasteiger partial charge in [-0.2, -0.15) is 0 Å². The minimum Gasteiger partial charge on any atom is -0.457 e. The number of halogens is 1. The molecule has 206 valence electrons. The highest BCUT2D eigenvalue weighted by molar-refractivity contribution is 6.01. The van der Waals surface area contributed by atoms with Gasteiger partial charge in [-0.25, -0.2) is 4.39 Å². The summed E-state index contributed by atoms with van der Waals surface area (Å²) in [5.74, 6) is -0.545. The summed E-state index contributed by atoms with van der Waals surface area (Å²) in [7, 11) is 1.75. The van der Waals surface area contributed by atoms with Crippen molar-refractivity contribution >= 4 is 34.4 Å². The number of para-hydroxylation sites is 1. The molecule has 1 aromatic heterocycles. The highest BCUT2D eigenvalue weighted by atomic mass is 19.1. The summed E-state index contributed by atoms with van der Waals surface area (Å²) >= 11 is 0. The van der Waals surface area contributed by atoms with Crippen molar-refractivity contribution in [1.29, 1.82) is 0 Å². The van der Waals surface area contributed by atoms with Crippen LogP contribution in [0.5, 0.6) is 11.5 Å². The van der Waals surface area contributed by atoms with E-state index in [-0.39, 0.29) is 36.6 Å². The van der Waals surface area contributed by atoms with Gasteiger partial charge in [0.05, 0.1) is 0 Å². The van der Waals surface area contributed by atoms with Gasteiger partial charge < -0.3 is 24.3 Å². The Morgan fingerprint density at radius 2 is 1.57 bits per heavy atom. The average molecular weight is 544 g/mol. The summed E-state index contributed by atoms with van der Waals surface area (Å²) in [6.45, 7) is -0.589. The van der Waals surface area contributed by atoms with E-state index in [1.54, 1.807) is 54.4 Å². The molecule has 1 aliphatic carbocycles. The van der Waals surface area contributed by atoms with Crippen LogP contribution in [0.1, 0.15) is 36.2 Å². The number of hydrogen-bond donors (Lipinski definition) is 1. The molecule has 0 spiro atoms. The third kappa shape index (κ3) is 6.48. The SMILES string of the molecule is CN(C(=O)CN(CC(=O)Nc1ccc(Oc2ccc(F)cc2)cc1)C(=O)c1cc2ccccc2o1)C1CCCC1. The lowest BCUT2D eigenvalue weighted by Crippen LogP contribution is -2.46. The molecule has 1 saturated carbocycles. The molecule has 8 nitrogen and oxygen atoms in total. The van der Waals surface area contributed by atoms with Crippen molar-refractivity contribution in [1.82, 2.24) is 9.80 Å². The lowest BCUT2D eigenvalue weighted by Gasteiger charge is -2.28. The number of likely N-dealkylation sites (N-methyl/N-ethyl adjacent to an activating group) is 1. The molecule has 0 radical (unpaired) electrons. The zero-order valence-electron chi connectivity index (χ0n) is 22.1. The fourth-order valence-corrected chi connectivity index (χ4v) is 4.83. The van der Waals surface area contributed by atoms with Gasteiger partial charge in [-0.05, 0) is 73.5 Å². The molecule has 0 unspecified atom stereocenters. The predicted octanol–water partition coefficient (Wildman–Crippen LogP) is 5.85. The van der Waals surface area contributed by atoms with Crippen LogP contribution in [0.3, 0.4) is 0 Å². The first kappa shape index (κ1) is 26.9. The highest BCUT2D eigenvalue weighted by Crippen LogP contribution is 2.25. The molecule has 0 bridgehead atoms. The van der Waals surface area contributed by atoms with Crippen molar-refractivity contribution in [3.8, 4) is 11.5 Å². The molecule has 9 heteroatoms. The van der Waals surface area contributed by atoms with Crippen molar-refractivity contribution < 1.29 is 27.9 Å². The van der Waals surface area contributed by atoms with Crippen molar-refractivity contribution in [2.45, 2.75) is 31.7 Å². The van der Waals surface area contributed by atoms with Crippen LogP contribution in [-0.4, -0.2) is 53.7 Å². The van der Waals surface area contributed by atoms with Crippen molar-refractivity contribution in [3.63, 3.8) is 0 Å². The van der Waals surface area contributed by atoms with Crippen LogP contribution in [0.4, 0.5) is 10.1 Å². The first-order valence-corrected chi connectivity index (χ1v) is 13.2. The van der Waals surface area contributed by atoms with Gasteiger partial charge in [0.25, 0.3) is 5.91 Å². The molecule has 0 aliphatic heterocycles. The first-order valence-electron chi connectivity index (χ1n) is 13.2. The molecule has 40 heavy (non-hydrogen) atoms. The number of carbonyl (C=O) groups is 3. The first-order chi connectivity index (χ1) is 19.4. The summed E-state index contributed by atoms with van der Waals surface area (Å²) in [5, 5.41) is 3.52. The summed E-state index contributed by atoms with van der Waals surface area (Å²) in [6, 6.07) is 21.3. The lowest BCUT2D eigenvalue weighted by atomic mass is 10.2. The quantitative estimate of drug-likeness (QED) is 0.286. The van der Waals surface area contributed by atoms with E-state index in [2.05, 4.69) is 5.32 Å². The Balaban J connectivity index is 1.27. The Bertz CT molecular complexity index is 1460. The minimum absolute atomic E-state index is 0.0626. The van der Waals surface area contributed by atoms with Crippen molar-refractivity contribution in [2.24, 2.45) is 0 Å². The normalized spacial score (nSPS) is 13.2. The monoisotopic (exact) mass is 543 g/mol. The topological polar surface area (TPSA) is 92.1 Å². The molecule has 1 aliphatic rings. The third-order valence-electron chi connectivity index (χ3n) is 7.04. The number of rotatable bonds is 9. The molecular weight excluding hydrogens is 513 g/mol. The Morgan fingerprint density at radius 1 is 0.925 bits per heavy atom. The second kappa shape index (κ2) is 12.0. The Hall–Kier alpha value is -4.66. The van der Waals surface area contributed by atoms with E-state index in [4.69, 9.17) is 9.15 Å². The lowest BCUT2D eigenvalue weighted by molar-refractivity contribution is -0.132. The Labute approximate surface area is 231 Å². The minimum atomic E-state index is -0.539. The van der Waals surface area contributed by atoms with E-state index < -0.39 is 11.8 Å². The number of fused-ring (bicyclic) bond motifs is 1. The summed E-state index contributed by atoms with van der Waals surface area (Å²) < 4.78 is 24.5. The molecule has 3 amide bonds. The number of anilines is 1. The number of nitrogens with one attached hydrogen (secondary N) is 1. The van der Waals surface area contributed by atoms with Gasteiger partial charge >= 0.3 is 0 Å². The van der Waals surface area contributed by atoms with E-state index in [1.165, 1.54) is 29.2 Å². The fraction of sp³-hybridized carbons (Fsp3) is 0.258. The van der Waals surface area contributed by atoms with Crippen LogP contribution < -0.4 is 10.1 Å². The molecule has 1 N–H and O–H groups in total.